The number of carbonyl (C=O) groups is 1. The SMILES string of the molecule is O=C(N/N=C\c1ccccc1Cl)c1ccc(Cl)cc1Cl. The average molecular weight is 328 g/mol. The van der Waals surface area contributed by atoms with Crippen molar-refractivity contribution in [2.45, 2.75) is 0 Å². The average Bonchev–Trinajstić information content (AvgIpc) is 2.40. The van der Waals surface area contributed by atoms with E-state index in [2.05, 4.69) is 10.5 Å². The van der Waals surface area contributed by atoms with Gasteiger partial charge in [-0.15, -0.1) is 0 Å². The van der Waals surface area contributed by atoms with Crippen LogP contribution >= 0.6 is 34.8 Å². The molecule has 1 amide bonds. The summed E-state index contributed by atoms with van der Waals surface area (Å²) < 4.78 is 0. The Hall–Kier alpha value is -1.55. The van der Waals surface area contributed by atoms with Gasteiger partial charge in [0, 0.05) is 15.6 Å². The molecule has 0 saturated carbocycles. The zero-order chi connectivity index (χ0) is 14.5. The summed E-state index contributed by atoms with van der Waals surface area (Å²) in [6.07, 6.45) is 1.46. The molecule has 0 heterocycles. The molecule has 2 rings (SSSR count). The number of nitrogens with one attached hydrogen (secondary N) is 1. The molecule has 20 heavy (non-hydrogen) atoms. The zero-order valence-electron chi connectivity index (χ0n) is 10.1. The monoisotopic (exact) mass is 326 g/mol. The minimum absolute atomic E-state index is 0.267. The van der Waals surface area contributed by atoms with Crippen molar-refractivity contribution < 1.29 is 4.79 Å². The van der Waals surface area contributed by atoms with Crippen LogP contribution < -0.4 is 5.43 Å². The summed E-state index contributed by atoms with van der Waals surface area (Å²) in [6.45, 7) is 0. The van der Waals surface area contributed by atoms with E-state index in [1.165, 1.54) is 18.3 Å². The number of nitrogens with zero attached hydrogens (tertiary/aromatic N) is 1. The number of hydrogen-bond donors (Lipinski definition) is 1. The quantitative estimate of drug-likeness (QED) is 0.658. The summed E-state index contributed by atoms with van der Waals surface area (Å²) in [6, 6.07) is 11.8. The first kappa shape index (κ1) is 14.9. The topological polar surface area (TPSA) is 41.5 Å². The summed E-state index contributed by atoms with van der Waals surface area (Å²) in [5.74, 6) is -0.421. The van der Waals surface area contributed by atoms with Gasteiger partial charge in [0.15, 0.2) is 0 Å². The molecule has 0 radical (unpaired) electrons. The maximum absolute atomic E-state index is 11.9. The molecule has 1 N–H and O–H groups in total. The van der Waals surface area contributed by atoms with Crippen molar-refractivity contribution in [3.05, 3.63) is 68.7 Å². The lowest BCUT2D eigenvalue weighted by Gasteiger charge is -2.03. The molecular formula is C14H9Cl3N2O. The van der Waals surface area contributed by atoms with Gasteiger partial charge in [0.1, 0.15) is 0 Å². The van der Waals surface area contributed by atoms with Crippen LogP contribution in [-0.2, 0) is 0 Å². The Kier molecular flexibility index (Phi) is 5.01. The van der Waals surface area contributed by atoms with Crippen molar-refractivity contribution in [2.24, 2.45) is 5.10 Å². The summed E-state index contributed by atoms with van der Waals surface area (Å²) in [4.78, 5) is 11.9. The highest BCUT2D eigenvalue weighted by Crippen LogP contribution is 2.20. The van der Waals surface area contributed by atoms with E-state index in [1.807, 2.05) is 12.1 Å². The number of hydrogen-bond acceptors (Lipinski definition) is 2. The molecule has 3 nitrogen and oxygen atoms in total. The van der Waals surface area contributed by atoms with Crippen LogP contribution in [0.4, 0.5) is 0 Å². The molecule has 0 aliphatic heterocycles. The molecule has 0 unspecified atom stereocenters. The van der Waals surface area contributed by atoms with Crippen LogP contribution in [0.15, 0.2) is 47.6 Å². The number of halogens is 3. The van der Waals surface area contributed by atoms with Crippen LogP contribution in [0.5, 0.6) is 0 Å². The lowest BCUT2D eigenvalue weighted by Crippen LogP contribution is -2.18. The predicted molar refractivity (Wildman–Crippen MR) is 83.0 cm³/mol. The molecule has 0 spiro atoms. The first-order valence-electron chi connectivity index (χ1n) is 5.61. The number of rotatable bonds is 3. The third-order valence-corrected chi connectivity index (χ3v) is 3.34. The van der Waals surface area contributed by atoms with Crippen LogP contribution in [0, 0.1) is 0 Å². The van der Waals surface area contributed by atoms with Gasteiger partial charge in [-0.2, -0.15) is 5.10 Å². The van der Waals surface area contributed by atoms with Gasteiger partial charge in [-0.25, -0.2) is 5.43 Å². The van der Waals surface area contributed by atoms with Gasteiger partial charge in [-0.1, -0.05) is 53.0 Å². The first-order chi connectivity index (χ1) is 9.58. The van der Waals surface area contributed by atoms with Crippen molar-refractivity contribution >= 4 is 46.9 Å². The minimum Gasteiger partial charge on any atom is -0.267 e. The fourth-order valence-electron chi connectivity index (χ4n) is 1.47. The molecule has 102 valence electrons. The van der Waals surface area contributed by atoms with E-state index in [0.29, 0.717) is 21.2 Å². The Bertz CT molecular complexity index is 671. The molecule has 2 aromatic carbocycles. The lowest BCUT2D eigenvalue weighted by atomic mass is 10.2. The van der Waals surface area contributed by atoms with Crippen LogP contribution in [0.25, 0.3) is 0 Å². The van der Waals surface area contributed by atoms with Crippen LogP contribution in [0.1, 0.15) is 15.9 Å². The van der Waals surface area contributed by atoms with E-state index in [0.717, 1.165) is 0 Å². The van der Waals surface area contributed by atoms with E-state index in [1.54, 1.807) is 18.2 Å². The second kappa shape index (κ2) is 6.75. The molecule has 2 aromatic rings. The number of carbonyl (C=O) groups excluding carboxylic acids is 1. The number of benzene rings is 2. The Balaban J connectivity index is 2.07. The van der Waals surface area contributed by atoms with E-state index < -0.39 is 5.91 Å². The fraction of sp³-hybridized carbons (Fsp3) is 0. The molecule has 0 aliphatic rings. The third kappa shape index (κ3) is 3.73. The fourth-order valence-corrected chi connectivity index (χ4v) is 2.15. The highest BCUT2D eigenvalue weighted by atomic mass is 35.5. The van der Waals surface area contributed by atoms with Crippen LogP contribution in [0.3, 0.4) is 0 Å². The molecule has 0 aromatic heterocycles. The summed E-state index contributed by atoms with van der Waals surface area (Å²) in [5.41, 5.74) is 3.38. The minimum atomic E-state index is -0.421. The summed E-state index contributed by atoms with van der Waals surface area (Å²) in [7, 11) is 0. The van der Waals surface area contributed by atoms with Crippen molar-refractivity contribution in [1.29, 1.82) is 0 Å². The Labute approximate surface area is 131 Å². The molecule has 0 atom stereocenters. The van der Waals surface area contributed by atoms with Crippen molar-refractivity contribution in [1.82, 2.24) is 5.43 Å². The maximum Gasteiger partial charge on any atom is 0.272 e. The summed E-state index contributed by atoms with van der Waals surface area (Å²) >= 11 is 17.6. The molecule has 0 bridgehead atoms. The molecule has 0 saturated heterocycles. The summed E-state index contributed by atoms with van der Waals surface area (Å²) in [5, 5.41) is 5.12. The van der Waals surface area contributed by atoms with Crippen molar-refractivity contribution in [3.8, 4) is 0 Å². The third-order valence-electron chi connectivity index (χ3n) is 2.45. The van der Waals surface area contributed by atoms with Crippen LogP contribution in [-0.4, -0.2) is 12.1 Å². The van der Waals surface area contributed by atoms with E-state index >= 15 is 0 Å². The maximum atomic E-state index is 11.9. The van der Waals surface area contributed by atoms with Gasteiger partial charge < -0.3 is 0 Å². The lowest BCUT2D eigenvalue weighted by molar-refractivity contribution is 0.0955. The highest BCUT2D eigenvalue weighted by molar-refractivity contribution is 6.36. The number of amides is 1. The van der Waals surface area contributed by atoms with E-state index in [9.17, 15) is 4.79 Å². The Morgan fingerprint density at radius 3 is 2.50 bits per heavy atom. The van der Waals surface area contributed by atoms with Gasteiger partial charge in [-0.3, -0.25) is 4.79 Å². The van der Waals surface area contributed by atoms with Crippen LogP contribution in [0.2, 0.25) is 15.1 Å². The Morgan fingerprint density at radius 1 is 1.05 bits per heavy atom. The second-order valence-corrected chi connectivity index (χ2v) is 5.10. The smallest absolute Gasteiger partial charge is 0.267 e. The molecule has 6 heteroatoms. The standard InChI is InChI=1S/C14H9Cl3N2O/c15-10-5-6-11(13(17)7-10)14(20)19-18-8-9-3-1-2-4-12(9)16/h1-8H,(H,19,20)/b18-8-. The van der Waals surface area contributed by atoms with Crippen molar-refractivity contribution in [2.75, 3.05) is 0 Å². The van der Waals surface area contributed by atoms with E-state index in [4.69, 9.17) is 34.8 Å². The first-order valence-corrected chi connectivity index (χ1v) is 6.74. The van der Waals surface area contributed by atoms with Crippen molar-refractivity contribution in [3.63, 3.8) is 0 Å². The normalized spacial score (nSPS) is 10.8. The zero-order valence-corrected chi connectivity index (χ0v) is 12.4. The second-order valence-electron chi connectivity index (χ2n) is 3.84. The molecule has 0 fully saturated rings. The van der Waals surface area contributed by atoms with Gasteiger partial charge in [0.2, 0.25) is 0 Å². The van der Waals surface area contributed by atoms with Gasteiger partial charge in [-0.05, 0) is 24.3 Å². The predicted octanol–water partition coefficient (Wildman–Crippen LogP) is 4.41. The van der Waals surface area contributed by atoms with E-state index in [-0.39, 0.29) is 5.02 Å². The highest BCUT2D eigenvalue weighted by Gasteiger charge is 2.09. The van der Waals surface area contributed by atoms with Gasteiger partial charge in [0.05, 0.1) is 16.8 Å². The van der Waals surface area contributed by atoms with Gasteiger partial charge >= 0.3 is 0 Å². The number of hydrazone groups is 1. The van der Waals surface area contributed by atoms with Gasteiger partial charge in [0.25, 0.3) is 5.91 Å². The Morgan fingerprint density at radius 2 is 1.80 bits per heavy atom. The molecule has 0 aliphatic carbocycles. The largest absolute Gasteiger partial charge is 0.272 e. The molecular weight excluding hydrogens is 319 g/mol.